The van der Waals surface area contributed by atoms with Gasteiger partial charge in [0.05, 0.1) is 19.9 Å². The van der Waals surface area contributed by atoms with E-state index in [1.807, 2.05) is 13.8 Å². The fourth-order valence-corrected chi connectivity index (χ4v) is 1.61. The smallest absolute Gasteiger partial charge is 0.228 e. The van der Waals surface area contributed by atoms with Crippen LogP contribution in [0.2, 0.25) is 0 Å². The lowest BCUT2D eigenvalue weighted by atomic mass is 10.1. The van der Waals surface area contributed by atoms with Crippen LogP contribution >= 0.6 is 0 Å². The zero-order valence-electron chi connectivity index (χ0n) is 11.9. The summed E-state index contributed by atoms with van der Waals surface area (Å²) in [6, 6.07) is 5.30. The van der Waals surface area contributed by atoms with E-state index in [9.17, 15) is 4.79 Å². The van der Waals surface area contributed by atoms with E-state index < -0.39 is 0 Å². The minimum absolute atomic E-state index is 0.0376. The van der Waals surface area contributed by atoms with Crippen LogP contribution in [0.25, 0.3) is 0 Å². The zero-order chi connectivity index (χ0) is 14.3. The van der Waals surface area contributed by atoms with E-state index in [0.717, 1.165) is 6.54 Å². The van der Waals surface area contributed by atoms with E-state index in [0.29, 0.717) is 23.7 Å². The van der Waals surface area contributed by atoms with Crippen LogP contribution in [0, 0.1) is 5.92 Å². The molecular weight excluding hydrogens is 244 g/mol. The van der Waals surface area contributed by atoms with E-state index in [4.69, 9.17) is 9.47 Å². The molecule has 2 N–H and O–H groups in total. The van der Waals surface area contributed by atoms with E-state index in [1.165, 1.54) is 0 Å². The Kier molecular flexibility index (Phi) is 6.15. The molecule has 1 aromatic carbocycles. The maximum absolute atomic E-state index is 12.0. The van der Waals surface area contributed by atoms with Crippen LogP contribution in [-0.4, -0.2) is 33.2 Å². The van der Waals surface area contributed by atoms with Crippen LogP contribution in [0.1, 0.15) is 13.8 Å². The van der Waals surface area contributed by atoms with Gasteiger partial charge in [0.15, 0.2) is 0 Å². The number of amides is 1. The Morgan fingerprint density at radius 2 is 2.05 bits per heavy atom. The van der Waals surface area contributed by atoms with Crippen molar-refractivity contribution < 1.29 is 14.3 Å². The molecule has 0 saturated carbocycles. The molecule has 0 aliphatic rings. The van der Waals surface area contributed by atoms with Crippen molar-refractivity contribution in [2.75, 3.05) is 32.6 Å². The number of hydrogen-bond acceptors (Lipinski definition) is 4. The van der Waals surface area contributed by atoms with E-state index in [2.05, 4.69) is 10.6 Å². The monoisotopic (exact) mass is 266 g/mol. The van der Waals surface area contributed by atoms with Crippen molar-refractivity contribution in [3.05, 3.63) is 18.2 Å². The summed E-state index contributed by atoms with van der Waals surface area (Å²) in [6.07, 6.45) is 0. The van der Waals surface area contributed by atoms with Gasteiger partial charge in [-0.15, -0.1) is 0 Å². The summed E-state index contributed by atoms with van der Waals surface area (Å²) in [5.74, 6) is 1.13. The molecular formula is C14H22N2O3. The molecule has 0 saturated heterocycles. The Morgan fingerprint density at radius 3 is 2.63 bits per heavy atom. The van der Waals surface area contributed by atoms with Crippen LogP contribution in [0.3, 0.4) is 0 Å². The summed E-state index contributed by atoms with van der Waals surface area (Å²) in [6.45, 7) is 5.40. The Bertz CT molecular complexity index is 421. The third-order valence-corrected chi connectivity index (χ3v) is 2.81. The number of hydrogen-bond donors (Lipinski definition) is 2. The molecule has 1 unspecified atom stereocenters. The first-order chi connectivity index (χ1) is 9.12. The summed E-state index contributed by atoms with van der Waals surface area (Å²) in [5.41, 5.74) is 0.650. The molecule has 106 valence electrons. The predicted octanol–water partition coefficient (Wildman–Crippen LogP) is 1.89. The van der Waals surface area contributed by atoms with Crippen molar-refractivity contribution in [3.8, 4) is 11.5 Å². The van der Waals surface area contributed by atoms with Crippen molar-refractivity contribution in [1.82, 2.24) is 5.32 Å². The van der Waals surface area contributed by atoms with Gasteiger partial charge in [0.1, 0.15) is 11.5 Å². The highest BCUT2D eigenvalue weighted by atomic mass is 16.5. The quantitative estimate of drug-likeness (QED) is 0.791. The van der Waals surface area contributed by atoms with Gasteiger partial charge in [-0.05, 0) is 18.7 Å². The zero-order valence-corrected chi connectivity index (χ0v) is 11.9. The van der Waals surface area contributed by atoms with Gasteiger partial charge in [-0.1, -0.05) is 13.8 Å². The average Bonchev–Trinajstić information content (AvgIpc) is 2.44. The number of methoxy groups -OCH3 is 2. The Balaban J connectivity index is 2.73. The highest BCUT2D eigenvalue weighted by Crippen LogP contribution is 2.29. The largest absolute Gasteiger partial charge is 0.497 e. The molecule has 0 spiro atoms. The van der Waals surface area contributed by atoms with Gasteiger partial charge < -0.3 is 20.1 Å². The van der Waals surface area contributed by atoms with Crippen molar-refractivity contribution in [3.63, 3.8) is 0 Å². The molecule has 0 fully saturated rings. The molecule has 19 heavy (non-hydrogen) atoms. The molecule has 1 atom stereocenters. The van der Waals surface area contributed by atoms with Gasteiger partial charge in [0.2, 0.25) is 5.91 Å². The first-order valence-corrected chi connectivity index (χ1v) is 6.36. The number of carbonyl (C=O) groups is 1. The van der Waals surface area contributed by atoms with Crippen molar-refractivity contribution in [2.24, 2.45) is 5.92 Å². The van der Waals surface area contributed by atoms with Crippen molar-refractivity contribution in [2.45, 2.75) is 13.8 Å². The minimum Gasteiger partial charge on any atom is -0.497 e. The molecule has 0 aliphatic heterocycles. The Hall–Kier alpha value is -1.75. The Morgan fingerprint density at radius 1 is 1.32 bits per heavy atom. The highest BCUT2D eigenvalue weighted by Gasteiger charge is 2.14. The Labute approximate surface area is 114 Å². The maximum atomic E-state index is 12.0. The third kappa shape index (κ3) is 4.44. The van der Waals surface area contributed by atoms with Gasteiger partial charge >= 0.3 is 0 Å². The minimum atomic E-state index is -0.105. The van der Waals surface area contributed by atoms with Gasteiger partial charge in [-0.2, -0.15) is 0 Å². The molecule has 0 aromatic heterocycles. The summed E-state index contributed by atoms with van der Waals surface area (Å²) in [7, 11) is 3.15. The lowest BCUT2D eigenvalue weighted by molar-refractivity contribution is -0.119. The third-order valence-electron chi connectivity index (χ3n) is 2.81. The number of anilines is 1. The predicted molar refractivity (Wildman–Crippen MR) is 75.9 cm³/mol. The molecule has 5 heteroatoms. The van der Waals surface area contributed by atoms with Gasteiger partial charge in [-0.25, -0.2) is 0 Å². The van der Waals surface area contributed by atoms with E-state index in [1.54, 1.807) is 32.4 Å². The summed E-state index contributed by atoms with van der Waals surface area (Å²) in [4.78, 5) is 12.0. The fourth-order valence-electron chi connectivity index (χ4n) is 1.61. The van der Waals surface area contributed by atoms with Crippen molar-refractivity contribution in [1.29, 1.82) is 0 Å². The van der Waals surface area contributed by atoms with E-state index in [-0.39, 0.29) is 11.8 Å². The van der Waals surface area contributed by atoms with Gasteiger partial charge in [0.25, 0.3) is 0 Å². The second-order valence-electron chi connectivity index (χ2n) is 4.26. The molecule has 1 aromatic rings. The second-order valence-corrected chi connectivity index (χ2v) is 4.26. The van der Waals surface area contributed by atoms with Crippen LogP contribution in [0.15, 0.2) is 18.2 Å². The molecule has 5 nitrogen and oxygen atoms in total. The lowest BCUT2D eigenvalue weighted by Crippen LogP contribution is -2.30. The van der Waals surface area contributed by atoms with E-state index >= 15 is 0 Å². The van der Waals surface area contributed by atoms with Crippen LogP contribution in [-0.2, 0) is 4.79 Å². The van der Waals surface area contributed by atoms with Crippen LogP contribution in [0.4, 0.5) is 5.69 Å². The number of ether oxygens (including phenoxy) is 2. The molecule has 1 rings (SSSR count). The SMILES string of the molecule is CCNCC(C)C(=O)Nc1ccc(OC)cc1OC. The summed E-state index contributed by atoms with van der Waals surface area (Å²) >= 11 is 0. The summed E-state index contributed by atoms with van der Waals surface area (Å²) < 4.78 is 10.4. The maximum Gasteiger partial charge on any atom is 0.228 e. The number of rotatable bonds is 7. The van der Waals surface area contributed by atoms with Crippen molar-refractivity contribution >= 4 is 11.6 Å². The molecule has 0 radical (unpaired) electrons. The second kappa shape index (κ2) is 7.63. The van der Waals surface area contributed by atoms with Gasteiger partial charge in [-0.3, -0.25) is 4.79 Å². The number of nitrogens with one attached hydrogen (secondary N) is 2. The normalized spacial score (nSPS) is 11.8. The molecule has 0 bridgehead atoms. The fraction of sp³-hybridized carbons (Fsp3) is 0.500. The first kappa shape index (κ1) is 15.3. The van der Waals surface area contributed by atoms with Crippen LogP contribution < -0.4 is 20.1 Å². The average molecular weight is 266 g/mol. The lowest BCUT2D eigenvalue weighted by Gasteiger charge is -2.15. The van der Waals surface area contributed by atoms with Gasteiger partial charge in [0, 0.05) is 18.5 Å². The number of benzene rings is 1. The standard InChI is InChI=1S/C14H22N2O3/c1-5-15-9-10(2)14(17)16-12-7-6-11(18-3)8-13(12)19-4/h6-8,10,15H,5,9H2,1-4H3,(H,16,17). The molecule has 0 heterocycles. The first-order valence-electron chi connectivity index (χ1n) is 6.36. The van der Waals surface area contributed by atoms with Crippen LogP contribution in [0.5, 0.6) is 11.5 Å². The molecule has 1 amide bonds. The summed E-state index contributed by atoms with van der Waals surface area (Å²) in [5, 5.41) is 6.01. The topological polar surface area (TPSA) is 59.6 Å². The number of carbonyl (C=O) groups excluding carboxylic acids is 1. The highest BCUT2D eigenvalue weighted by molar-refractivity contribution is 5.94. The molecule has 0 aliphatic carbocycles.